The molecule has 1 fully saturated rings. The van der Waals surface area contributed by atoms with Gasteiger partial charge in [0.1, 0.15) is 12.1 Å². The monoisotopic (exact) mass is 171 g/mol. The summed E-state index contributed by atoms with van der Waals surface area (Å²) in [6.07, 6.45) is 3.35. The Hall–Kier alpha value is -0.570. The molecule has 0 aliphatic heterocycles. The Balaban J connectivity index is 2.26. The van der Waals surface area contributed by atoms with Gasteiger partial charge in [-0.3, -0.25) is 4.79 Å². The molecule has 70 valence electrons. The average Bonchev–Trinajstić information content (AvgIpc) is 1.94. The highest BCUT2D eigenvalue weighted by atomic mass is 16.5. The van der Waals surface area contributed by atoms with Crippen molar-refractivity contribution >= 4 is 5.97 Å². The lowest BCUT2D eigenvalue weighted by Crippen LogP contribution is -2.40. The molecular weight excluding hydrogens is 154 g/mol. The van der Waals surface area contributed by atoms with Crippen LogP contribution in [0.3, 0.4) is 0 Å². The van der Waals surface area contributed by atoms with E-state index >= 15 is 0 Å². The molecule has 1 aliphatic rings. The van der Waals surface area contributed by atoms with Crippen LogP contribution in [0.15, 0.2) is 0 Å². The molecule has 3 heteroatoms. The molecule has 0 radical (unpaired) electrons. The predicted octanol–water partition coefficient (Wildman–Crippen LogP) is 1.07. The Morgan fingerprint density at radius 3 is 2.42 bits per heavy atom. The van der Waals surface area contributed by atoms with E-state index in [0.29, 0.717) is 0 Å². The molecule has 1 rings (SSSR count). The molecule has 0 unspecified atom stereocenters. The Morgan fingerprint density at radius 2 is 2.08 bits per heavy atom. The van der Waals surface area contributed by atoms with Crippen LogP contribution in [0.4, 0.5) is 0 Å². The molecule has 3 nitrogen and oxygen atoms in total. The van der Waals surface area contributed by atoms with Gasteiger partial charge in [0.15, 0.2) is 0 Å². The first kappa shape index (κ1) is 9.52. The summed E-state index contributed by atoms with van der Waals surface area (Å²) in [7, 11) is 0. The van der Waals surface area contributed by atoms with Gasteiger partial charge in [0.2, 0.25) is 0 Å². The third-order valence-electron chi connectivity index (χ3n) is 2.33. The molecule has 0 heterocycles. The van der Waals surface area contributed by atoms with E-state index in [4.69, 9.17) is 10.5 Å². The van der Waals surface area contributed by atoms with Crippen molar-refractivity contribution in [3.63, 3.8) is 0 Å². The Morgan fingerprint density at radius 1 is 1.50 bits per heavy atom. The van der Waals surface area contributed by atoms with Crippen LogP contribution in [0, 0.1) is 5.92 Å². The van der Waals surface area contributed by atoms with E-state index < -0.39 is 6.04 Å². The van der Waals surface area contributed by atoms with Gasteiger partial charge >= 0.3 is 5.97 Å². The van der Waals surface area contributed by atoms with Gasteiger partial charge in [0.25, 0.3) is 0 Å². The molecule has 12 heavy (non-hydrogen) atoms. The minimum absolute atomic E-state index is 0.155. The Kier molecular flexibility index (Phi) is 3.09. The number of nitrogens with two attached hydrogens (primary N) is 1. The van der Waals surface area contributed by atoms with Gasteiger partial charge in [0, 0.05) is 0 Å². The zero-order chi connectivity index (χ0) is 9.14. The number of hydrogen-bond donors (Lipinski definition) is 1. The van der Waals surface area contributed by atoms with Crippen LogP contribution in [0.5, 0.6) is 0 Å². The summed E-state index contributed by atoms with van der Waals surface area (Å²) < 4.78 is 5.15. The third-order valence-corrected chi connectivity index (χ3v) is 2.33. The van der Waals surface area contributed by atoms with E-state index in [2.05, 4.69) is 0 Å². The number of carbonyl (C=O) groups excluding carboxylic acids is 1. The highest BCUT2D eigenvalue weighted by Gasteiger charge is 2.26. The third kappa shape index (κ3) is 2.21. The van der Waals surface area contributed by atoms with Crippen molar-refractivity contribution in [2.75, 3.05) is 0 Å². The molecule has 0 amide bonds. The van der Waals surface area contributed by atoms with Crippen LogP contribution in [0.25, 0.3) is 0 Å². The molecule has 0 aromatic rings. The van der Waals surface area contributed by atoms with E-state index in [9.17, 15) is 4.79 Å². The molecule has 0 saturated heterocycles. The van der Waals surface area contributed by atoms with Crippen LogP contribution in [0.1, 0.15) is 33.1 Å². The maximum absolute atomic E-state index is 11.2. The van der Waals surface area contributed by atoms with Crippen molar-refractivity contribution in [1.82, 2.24) is 0 Å². The summed E-state index contributed by atoms with van der Waals surface area (Å²) in [6, 6.07) is -0.453. The minimum Gasteiger partial charge on any atom is -0.461 e. The van der Waals surface area contributed by atoms with E-state index in [0.717, 1.165) is 12.8 Å². The van der Waals surface area contributed by atoms with Gasteiger partial charge in [-0.15, -0.1) is 0 Å². The maximum atomic E-state index is 11.2. The fourth-order valence-corrected chi connectivity index (χ4v) is 1.00. The van der Waals surface area contributed by atoms with Crippen LogP contribution in [-0.4, -0.2) is 18.1 Å². The summed E-state index contributed by atoms with van der Waals surface area (Å²) >= 11 is 0. The molecule has 0 aromatic carbocycles. The second-order valence-electron chi connectivity index (χ2n) is 3.76. The molecule has 2 N–H and O–H groups in total. The van der Waals surface area contributed by atoms with Crippen molar-refractivity contribution in [3.8, 4) is 0 Å². The number of hydrogen-bond acceptors (Lipinski definition) is 3. The van der Waals surface area contributed by atoms with E-state index in [-0.39, 0.29) is 18.0 Å². The molecule has 0 bridgehead atoms. The van der Waals surface area contributed by atoms with Gasteiger partial charge in [0.05, 0.1) is 0 Å². The van der Waals surface area contributed by atoms with Crippen molar-refractivity contribution in [2.45, 2.75) is 45.3 Å². The highest BCUT2D eigenvalue weighted by molar-refractivity contribution is 5.76. The maximum Gasteiger partial charge on any atom is 0.323 e. The van der Waals surface area contributed by atoms with Gasteiger partial charge in [-0.2, -0.15) is 0 Å². The number of ether oxygens (including phenoxy) is 1. The molecule has 0 spiro atoms. The number of carbonyl (C=O) groups is 1. The van der Waals surface area contributed by atoms with Crippen LogP contribution >= 0.6 is 0 Å². The van der Waals surface area contributed by atoms with Crippen LogP contribution < -0.4 is 5.73 Å². The molecule has 0 aromatic heterocycles. The van der Waals surface area contributed by atoms with E-state index in [1.54, 1.807) is 0 Å². The lowest BCUT2D eigenvalue weighted by Gasteiger charge is -2.27. The first-order chi connectivity index (χ1) is 5.61. The first-order valence-corrected chi connectivity index (χ1v) is 4.57. The normalized spacial score (nSPS) is 20.3. The van der Waals surface area contributed by atoms with Gasteiger partial charge in [-0.05, 0) is 25.2 Å². The largest absolute Gasteiger partial charge is 0.461 e. The molecule has 1 atom stereocenters. The smallest absolute Gasteiger partial charge is 0.323 e. The van der Waals surface area contributed by atoms with Crippen LogP contribution in [0.2, 0.25) is 0 Å². The standard InChI is InChI=1S/C9H17NO2/c1-6(2)8(10)9(11)12-7-4-3-5-7/h6-8H,3-5,10H2,1-2H3/t8-/m1/s1. The summed E-state index contributed by atoms with van der Waals surface area (Å²) in [5.74, 6) is -0.0766. The van der Waals surface area contributed by atoms with Crippen molar-refractivity contribution in [1.29, 1.82) is 0 Å². The van der Waals surface area contributed by atoms with Crippen molar-refractivity contribution in [3.05, 3.63) is 0 Å². The summed E-state index contributed by atoms with van der Waals surface area (Å²) in [5, 5.41) is 0. The van der Waals surface area contributed by atoms with Gasteiger partial charge < -0.3 is 10.5 Å². The molecule has 1 saturated carbocycles. The van der Waals surface area contributed by atoms with E-state index in [1.807, 2.05) is 13.8 Å². The van der Waals surface area contributed by atoms with Crippen molar-refractivity contribution in [2.24, 2.45) is 11.7 Å². The second kappa shape index (κ2) is 3.90. The Bertz CT molecular complexity index is 164. The molecule has 1 aliphatic carbocycles. The minimum atomic E-state index is -0.453. The zero-order valence-corrected chi connectivity index (χ0v) is 7.75. The topological polar surface area (TPSA) is 52.3 Å². The lowest BCUT2D eigenvalue weighted by atomic mass is 9.96. The fraction of sp³-hybridized carbons (Fsp3) is 0.889. The molecular formula is C9H17NO2. The van der Waals surface area contributed by atoms with E-state index in [1.165, 1.54) is 6.42 Å². The number of esters is 1. The highest BCUT2D eigenvalue weighted by Crippen LogP contribution is 2.22. The predicted molar refractivity (Wildman–Crippen MR) is 46.5 cm³/mol. The average molecular weight is 171 g/mol. The zero-order valence-electron chi connectivity index (χ0n) is 7.75. The lowest BCUT2D eigenvalue weighted by molar-refractivity contribution is -0.155. The summed E-state index contributed by atoms with van der Waals surface area (Å²) in [6.45, 7) is 3.85. The second-order valence-corrected chi connectivity index (χ2v) is 3.76. The number of rotatable bonds is 3. The Labute approximate surface area is 73.3 Å². The summed E-state index contributed by atoms with van der Waals surface area (Å²) in [4.78, 5) is 11.2. The summed E-state index contributed by atoms with van der Waals surface area (Å²) in [5.41, 5.74) is 5.61. The first-order valence-electron chi connectivity index (χ1n) is 4.57. The van der Waals surface area contributed by atoms with Gasteiger partial charge in [-0.1, -0.05) is 13.8 Å². The SMILES string of the molecule is CC(C)[C@@H](N)C(=O)OC1CCC1. The fourth-order valence-electron chi connectivity index (χ4n) is 1.00. The quantitative estimate of drug-likeness (QED) is 0.646. The van der Waals surface area contributed by atoms with Crippen LogP contribution in [-0.2, 0) is 9.53 Å². The van der Waals surface area contributed by atoms with Gasteiger partial charge in [-0.25, -0.2) is 0 Å². The van der Waals surface area contributed by atoms with Crippen molar-refractivity contribution < 1.29 is 9.53 Å².